The van der Waals surface area contributed by atoms with E-state index in [1.54, 1.807) is 41.8 Å². The van der Waals surface area contributed by atoms with Crippen LogP contribution in [0.2, 0.25) is 5.02 Å². The SMILES string of the molecule is COc1ccc(C2CCCN2S(=O)(=O)/C=C/c2ccc(Cl)cc2)cc1. The van der Waals surface area contributed by atoms with Crippen LogP contribution in [0, 0.1) is 0 Å². The van der Waals surface area contributed by atoms with Crippen molar-refractivity contribution < 1.29 is 13.2 Å². The first-order valence-corrected chi connectivity index (χ1v) is 9.97. The Morgan fingerprint density at radius 1 is 1.12 bits per heavy atom. The van der Waals surface area contributed by atoms with E-state index in [-0.39, 0.29) is 6.04 Å². The van der Waals surface area contributed by atoms with Gasteiger partial charge in [0, 0.05) is 17.0 Å². The van der Waals surface area contributed by atoms with Gasteiger partial charge in [-0.3, -0.25) is 0 Å². The fraction of sp³-hybridized carbons (Fsp3) is 0.263. The second kappa shape index (κ2) is 7.60. The number of benzene rings is 2. The first kappa shape index (κ1) is 18.0. The number of sulfonamides is 1. The van der Waals surface area contributed by atoms with E-state index < -0.39 is 10.0 Å². The minimum atomic E-state index is -3.49. The Morgan fingerprint density at radius 3 is 2.44 bits per heavy atom. The van der Waals surface area contributed by atoms with Crippen LogP contribution in [0.4, 0.5) is 0 Å². The first-order valence-electron chi connectivity index (χ1n) is 8.09. The van der Waals surface area contributed by atoms with Gasteiger partial charge in [0.15, 0.2) is 0 Å². The number of ether oxygens (including phenoxy) is 1. The summed E-state index contributed by atoms with van der Waals surface area (Å²) in [7, 11) is -1.88. The molecule has 0 N–H and O–H groups in total. The van der Waals surface area contributed by atoms with Crippen molar-refractivity contribution in [3.63, 3.8) is 0 Å². The summed E-state index contributed by atoms with van der Waals surface area (Å²) in [5, 5.41) is 1.90. The van der Waals surface area contributed by atoms with E-state index >= 15 is 0 Å². The molecule has 0 amide bonds. The minimum absolute atomic E-state index is 0.134. The van der Waals surface area contributed by atoms with Crippen LogP contribution >= 0.6 is 11.6 Å². The number of hydrogen-bond donors (Lipinski definition) is 0. The molecular weight excluding hydrogens is 358 g/mol. The quantitative estimate of drug-likeness (QED) is 0.771. The van der Waals surface area contributed by atoms with Gasteiger partial charge in [0.05, 0.1) is 13.2 Å². The summed E-state index contributed by atoms with van der Waals surface area (Å²) in [5.41, 5.74) is 1.79. The summed E-state index contributed by atoms with van der Waals surface area (Å²) in [6, 6.07) is 14.5. The first-order chi connectivity index (χ1) is 12.0. The monoisotopic (exact) mass is 377 g/mol. The van der Waals surface area contributed by atoms with Crippen molar-refractivity contribution in [2.45, 2.75) is 18.9 Å². The summed E-state index contributed by atoms with van der Waals surface area (Å²) in [5.74, 6) is 0.763. The Kier molecular flexibility index (Phi) is 5.47. The molecule has 1 atom stereocenters. The fourth-order valence-electron chi connectivity index (χ4n) is 3.02. The molecule has 3 rings (SSSR count). The van der Waals surface area contributed by atoms with Gasteiger partial charge in [-0.1, -0.05) is 35.9 Å². The molecule has 0 aromatic heterocycles. The third kappa shape index (κ3) is 4.24. The third-order valence-electron chi connectivity index (χ3n) is 4.33. The second-order valence-corrected chi connectivity index (χ2v) is 8.15. The summed E-state index contributed by atoms with van der Waals surface area (Å²) in [6.07, 6.45) is 3.28. The molecule has 1 saturated heterocycles. The molecule has 0 saturated carbocycles. The largest absolute Gasteiger partial charge is 0.497 e. The average molecular weight is 378 g/mol. The highest BCUT2D eigenvalue weighted by Gasteiger charge is 2.33. The predicted molar refractivity (Wildman–Crippen MR) is 101 cm³/mol. The van der Waals surface area contributed by atoms with Crippen molar-refractivity contribution in [3.05, 3.63) is 70.1 Å². The molecule has 1 aliphatic rings. The molecule has 132 valence electrons. The Balaban J connectivity index is 1.81. The molecule has 1 fully saturated rings. The molecule has 1 unspecified atom stereocenters. The lowest BCUT2D eigenvalue weighted by Crippen LogP contribution is -2.28. The second-order valence-electron chi connectivity index (χ2n) is 5.94. The van der Waals surface area contributed by atoms with Crippen LogP contribution in [0.3, 0.4) is 0 Å². The summed E-state index contributed by atoms with van der Waals surface area (Å²) in [4.78, 5) is 0. The van der Waals surface area contributed by atoms with Crippen molar-refractivity contribution in [2.24, 2.45) is 0 Å². The van der Waals surface area contributed by atoms with Crippen LogP contribution in [-0.4, -0.2) is 26.4 Å². The van der Waals surface area contributed by atoms with Crippen molar-refractivity contribution in [3.8, 4) is 5.75 Å². The summed E-state index contributed by atoms with van der Waals surface area (Å²) in [6.45, 7) is 0.532. The highest BCUT2D eigenvalue weighted by atomic mass is 35.5. The molecule has 1 heterocycles. The number of rotatable bonds is 5. The van der Waals surface area contributed by atoms with Crippen LogP contribution in [-0.2, 0) is 10.0 Å². The van der Waals surface area contributed by atoms with Gasteiger partial charge in [-0.25, -0.2) is 8.42 Å². The van der Waals surface area contributed by atoms with Gasteiger partial charge >= 0.3 is 0 Å². The van der Waals surface area contributed by atoms with Gasteiger partial charge in [0.1, 0.15) is 5.75 Å². The molecule has 2 aromatic carbocycles. The number of hydrogen-bond acceptors (Lipinski definition) is 3. The lowest BCUT2D eigenvalue weighted by molar-refractivity contribution is 0.399. The maximum Gasteiger partial charge on any atom is 0.236 e. The Labute approximate surface area is 153 Å². The molecule has 1 aliphatic heterocycles. The van der Waals surface area contributed by atoms with Crippen molar-refractivity contribution >= 4 is 27.7 Å². The fourth-order valence-corrected chi connectivity index (χ4v) is 4.60. The highest BCUT2D eigenvalue weighted by Crippen LogP contribution is 2.35. The van der Waals surface area contributed by atoms with Gasteiger partial charge < -0.3 is 4.74 Å². The van der Waals surface area contributed by atoms with Crippen molar-refractivity contribution in [2.75, 3.05) is 13.7 Å². The van der Waals surface area contributed by atoms with Gasteiger partial charge in [-0.15, -0.1) is 0 Å². The Bertz CT molecular complexity index is 845. The number of methoxy groups -OCH3 is 1. The van der Waals surface area contributed by atoms with E-state index in [2.05, 4.69) is 0 Å². The molecule has 0 spiro atoms. The Hall–Kier alpha value is -1.82. The minimum Gasteiger partial charge on any atom is -0.497 e. The Morgan fingerprint density at radius 2 is 1.80 bits per heavy atom. The average Bonchev–Trinajstić information content (AvgIpc) is 3.12. The smallest absolute Gasteiger partial charge is 0.236 e. The van der Waals surface area contributed by atoms with Gasteiger partial charge in [-0.05, 0) is 54.3 Å². The van der Waals surface area contributed by atoms with Gasteiger partial charge in [-0.2, -0.15) is 4.31 Å². The summed E-state index contributed by atoms with van der Waals surface area (Å²) < 4.78 is 32.3. The zero-order chi connectivity index (χ0) is 17.9. The van der Waals surface area contributed by atoms with E-state index in [0.29, 0.717) is 11.6 Å². The molecule has 0 radical (unpaired) electrons. The van der Waals surface area contributed by atoms with E-state index in [1.165, 1.54) is 5.41 Å². The molecule has 0 aliphatic carbocycles. The molecule has 2 aromatic rings. The van der Waals surface area contributed by atoms with Crippen LogP contribution in [0.1, 0.15) is 30.0 Å². The highest BCUT2D eigenvalue weighted by molar-refractivity contribution is 7.92. The lowest BCUT2D eigenvalue weighted by atomic mass is 10.1. The molecule has 6 heteroatoms. The maximum atomic E-state index is 12.8. The zero-order valence-electron chi connectivity index (χ0n) is 13.9. The van der Waals surface area contributed by atoms with Crippen LogP contribution in [0.15, 0.2) is 53.9 Å². The molecule has 4 nitrogen and oxygen atoms in total. The summed E-state index contributed by atoms with van der Waals surface area (Å²) >= 11 is 5.85. The topological polar surface area (TPSA) is 46.6 Å². The maximum absolute atomic E-state index is 12.8. The van der Waals surface area contributed by atoms with E-state index in [9.17, 15) is 8.42 Å². The number of nitrogens with zero attached hydrogens (tertiary/aromatic N) is 1. The lowest BCUT2D eigenvalue weighted by Gasteiger charge is -2.23. The third-order valence-corrected chi connectivity index (χ3v) is 6.16. The van der Waals surface area contributed by atoms with E-state index in [4.69, 9.17) is 16.3 Å². The van der Waals surface area contributed by atoms with Crippen LogP contribution < -0.4 is 4.74 Å². The van der Waals surface area contributed by atoms with E-state index in [0.717, 1.165) is 29.7 Å². The van der Waals surface area contributed by atoms with Crippen LogP contribution in [0.25, 0.3) is 6.08 Å². The standard InChI is InChI=1S/C19H20ClNO3S/c1-24-18-10-6-16(7-11-18)19-3-2-13-21(19)25(22,23)14-12-15-4-8-17(20)9-5-15/h4-12,14,19H,2-3,13H2,1H3/b14-12+. The number of halogens is 1. The normalized spacial score (nSPS) is 18.7. The van der Waals surface area contributed by atoms with Crippen LogP contribution in [0.5, 0.6) is 5.75 Å². The van der Waals surface area contributed by atoms with Gasteiger partial charge in [0.2, 0.25) is 10.0 Å². The van der Waals surface area contributed by atoms with Crippen molar-refractivity contribution in [1.29, 1.82) is 0 Å². The molecular formula is C19H20ClNO3S. The van der Waals surface area contributed by atoms with E-state index in [1.807, 2.05) is 24.3 Å². The molecule has 25 heavy (non-hydrogen) atoms. The predicted octanol–water partition coefficient (Wildman–Crippen LogP) is 4.49. The zero-order valence-corrected chi connectivity index (χ0v) is 15.5. The van der Waals surface area contributed by atoms with Crippen molar-refractivity contribution in [1.82, 2.24) is 4.31 Å². The van der Waals surface area contributed by atoms with Gasteiger partial charge in [0.25, 0.3) is 0 Å². The molecule has 0 bridgehead atoms.